The normalized spacial score (nSPS) is 26.0. The summed E-state index contributed by atoms with van der Waals surface area (Å²) in [6.45, 7) is 19.5. The molecular weight excluding hydrogens is 1860 g/mol. The van der Waals surface area contributed by atoms with Crippen molar-refractivity contribution in [3.63, 3.8) is 0 Å². The molecule has 143 heavy (non-hydrogen) atoms. The Kier molecular flexibility index (Phi) is 44.8. The van der Waals surface area contributed by atoms with E-state index in [9.17, 15) is 48.9 Å². The molecule has 788 valence electrons. The van der Waals surface area contributed by atoms with Crippen LogP contribution in [-0.2, 0) is 110 Å². The summed E-state index contributed by atoms with van der Waals surface area (Å²) in [4.78, 5) is 120. The summed E-state index contributed by atoms with van der Waals surface area (Å²) in [7, 11) is 7.59. The van der Waals surface area contributed by atoms with E-state index in [-0.39, 0.29) is 120 Å². The molecule has 39 heteroatoms. The van der Waals surface area contributed by atoms with Crippen LogP contribution in [0.2, 0.25) is 0 Å². The third-order valence-electron chi connectivity index (χ3n) is 27.3. The van der Waals surface area contributed by atoms with Gasteiger partial charge in [-0.3, -0.25) is 33.3 Å². The number of carbonyl (C=O) groups is 6. The first-order chi connectivity index (χ1) is 68.8. The Labute approximate surface area is 834 Å². The van der Waals surface area contributed by atoms with Crippen LogP contribution in [0.3, 0.4) is 0 Å². The number of aliphatic hydroxyl groups is 3. The number of rotatable bonds is 41. The number of hydrogen-bond donors (Lipinski definition) is 5. The zero-order valence-electron chi connectivity index (χ0n) is 84.5. The molecule has 0 radical (unpaired) electrons. The lowest BCUT2D eigenvalue weighted by molar-refractivity contribution is -0.265. The third-order valence-corrected chi connectivity index (χ3v) is 27.3. The Morgan fingerprint density at radius 1 is 0.636 bits per heavy atom. The Morgan fingerprint density at radius 2 is 1.28 bits per heavy atom. The number of piperazine rings is 1. The van der Waals surface area contributed by atoms with Gasteiger partial charge in [0, 0.05) is 158 Å². The Hall–Kier alpha value is -10.1. The number of amides is 3. The lowest BCUT2D eigenvalue weighted by Gasteiger charge is -2.43. The molecule has 36 nitrogen and oxygen atoms in total. The van der Waals surface area contributed by atoms with Crippen LogP contribution < -0.4 is 30.9 Å². The van der Waals surface area contributed by atoms with Crippen LogP contribution in [-0.4, -0.2) is 319 Å². The summed E-state index contributed by atoms with van der Waals surface area (Å²) in [6.07, 6.45) is 10.5. The number of aromatic nitrogens is 6. The largest absolute Gasteiger partial charge is 0.481 e. The van der Waals surface area contributed by atoms with Crippen molar-refractivity contribution in [2.75, 3.05) is 183 Å². The Bertz CT molecular complexity index is 5250. The fourth-order valence-corrected chi connectivity index (χ4v) is 18.9. The van der Waals surface area contributed by atoms with Crippen molar-refractivity contribution in [1.82, 2.24) is 44.6 Å². The summed E-state index contributed by atoms with van der Waals surface area (Å²) in [6, 6.07) is 11.9. The molecule has 5 aliphatic rings. The zero-order chi connectivity index (χ0) is 103. The molecule has 4 aromatic heterocycles. The predicted octanol–water partition coefficient (Wildman–Crippen LogP) is 10.9. The predicted molar refractivity (Wildman–Crippen MR) is 526 cm³/mol. The van der Waals surface area contributed by atoms with E-state index in [1.54, 1.807) is 96.0 Å². The number of esters is 1. The van der Waals surface area contributed by atoms with Crippen molar-refractivity contribution in [2.24, 2.45) is 42.6 Å². The van der Waals surface area contributed by atoms with Crippen molar-refractivity contribution in [1.29, 1.82) is 0 Å². The van der Waals surface area contributed by atoms with Crippen LogP contribution in [0.25, 0.3) is 38.8 Å². The van der Waals surface area contributed by atoms with Gasteiger partial charge in [-0.15, -0.1) is 0 Å². The highest BCUT2D eigenvalue weighted by Crippen LogP contribution is 2.43. The fraction of sp³-hybridized carbons (Fsp3) is 0.625. The van der Waals surface area contributed by atoms with Gasteiger partial charge in [0.05, 0.1) is 171 Å². The molecule has 1 saturated carbocycles. The number of ether oxygens (including phenoxy) is 15. The molecule has 0 spiro atoms. The van der Waals surface area contributed by atoms with Gasteiger partial charge < -0.3 is 112 Å². The minimum Gasteiger partial charge on any atom is -0.481 e. The molecule has 3 amide bonds. The number of imidazole rings is 1. The summed E-state index contributed by atoms with van der Waals surface area (Å²) in [5.41, 5.74) is 3.53. The number of piperidine rings is 1. The molecule has 2 bridgehead atoms. The van der Waals surface area contributed by atoms with Gasteiger partial charge in [0.1, 0.15) is 30.5 Å². The first kappa shape index (κ1) is 113. The first-order valence-electron chi connectivity index (χ1n) is 49.8. The number of anilines is 2. The number of halogens is 3. The zero-order valence-corrected chi connectivity index (χ0v) is 84.5. The summed E-state index contributed by atoms with van der Waals surface area (Å²) >= 11 is 0. The number of nitrogens with one attached hydrogen (secondary N) is 2. The van der Waals surface area contributed by atoms with Crippen LogP contribution in [0.15, 0.2) is 126 Å². The van der Waals surface area contributed by atoms with E-state index < -0.39 is 126 Å². The van der Waals surface area contributed by atoms with E-state index in [1.165, 1.54) is 34.3 Å². The number of hydrogen-bond acceptors (Lipinski definition) is 31. The molecule has 11 rings (SSSR count). The van der Waals surface area contributed by atoms with Crippen molar-refractivity contribution < 1.29 is 128 Å². The van der Waals surface area contributed by atoms with Crippen molar-refractivity contribution in [3.05, 3.63) is 143 Å². The topological polar surface area (TPSA) is 414 Å². The quantitative estimate of drug-likeness (QED) is 0.0103. The Balaban J connectivity index is 0.501. The number of Topliss-reactive ketones (excluding diaryl/α,β-unsaturated/α-hetero) is 2. The highest BCUT2D eigenvalue weighted by Gasteiger charge is 2.54. The summed E-state index contributed by atoms with van der Waals surface area (Å²) in [5.74, 6) is -7.39. The van der Waals surface area contributed by atoms with E-state index in [0.29, 0.717) is 195 Å². The fourth-order valence-electron chi connectivity index (χ4n) is 18.9. The molecule has 3 saturated heterocycles. The molecule has 4 aliphatic heterocycles. The molecule has 5 N–H and O–H groups in total. The van der Waals surface area contributed by atoms with Gasteiger partial charge in [0.25, 0.3) is 11.7 Å². The third kappa shape index (κ3) is 32.5. The second kappa shape index (κ2) is 56.6. The van der Waals surface area contributed by atoms with Gasteiger partial charge in [0.15, 0.2) is 5.78 Å². The van der Waals surface area contributed by atoms with E-state index in [4.69, 9.17) is 71.1 Å². The number of allylic oxidation sites excluding steroid dienone is 5. The molecule has 1 aliphatic carbocycles. The van der Waals surface area contributed by atoms with Crippen LogP contribution in [0, 0.1) is 35.5 Å². The van der Waals surface area contributed by atoms with Gasteiger partial charge in [-0.05, 0) is 149 Å². The minimum absolute atomic E-state index is 0.00611. The first-order valence-corrected chi connectivity index (χ1v) is 49.8. The van der Waals surface area contributed by atoms with E-state index in [1.807, 2.05) is 81.2 Å². The van der Waals surface area contributed by atoms with Gasteiger partial charge in [-0.1, -0.05) is 77.1 Å². The van der Waals surface area contributed by atoms with Crippen LogP contribution in [0.1, 0.15) is 143 Å². The number of aryl methyl sites for hydroxylation is 1. The lowest BCUT2D eigenvalue weighted by Crippen LogP contribution is -2.61. The lowest BCUT2D eigenvalue weighted by atomic mass is 9.78. The maximum absolute atomic E-state index is 15.1. The minimum atomic E-state index is -4.75. The molecule has 6 aromatic rings. The van der Waals surface area contributed by atoms with Gasteiger partial charge in [-0.2, -0.15) is 13.2 Å². The van der Waals surface area contributed by atoms with E-state index in [0.717, 1.165) is 22.8 Å². The highest BCUT2D eigenvalue weighted by atomic mass is 19.4. The number of aliphatic hydroxyl groups excluding tert-OH is 2. The van der Waals surface area contributed by atoms with Crippen molar-refractivity contribution in [2.45, 2.75) is 205 Å². The summed E-state index contributed by atoms with van der Waals surface area (Å²) in [5, 5.41) is 42.1. The number of alkyl carbamates (subject to hydrolysis) is 1. The number of pyridine rings is 2. The summed E-state index contributed by atoms with van der Waals surface area (Å²) < 4.78 is 134. The second-order valence-corrected chi connectivity index (χ2v) is 37.6. The number of cyclic esters (lactones) is 1. The van der Waals surface area contributed by atoms with Gasteiger partial charge in [0.2, 0.25) is 23.5 Å². The van der Waals surface area contributed by atoms with Crippen LogP contribution >= 0.6 is 0 Å². The number of fused-ring (bicyclic) bond motifs is 6. The number of alkyl halides is 3. The van der Waals surface area contributed by atoms with E-state index >= 15 is 13.2 Å². The molecule has 8 heterocycles. The molecule has 2 aromatic carbocycles. The SMILES string of the molecule is COc1ccc(-c2ccc3ncc4c(c3c2)n(-c2ccc(N3CCN(c5ncc(CNC(=O)CCOCCOCCOCCOCCOCCOCCOCCOCCNC(=O)O[C@@H]6CC[C@@H](C[C@@H](C)[C@@H]7C[C@@H](O)[C@H](C)/C=C(\C)[C@@H](O)[C@@H](OC)C(=O)[C@H](C)C[C@H](C)/C=C/C=C/C=C(\C)[C@@H](OC)C[C@@H]8CC[C@@H](C)[C@@](O)(O8)C(=O)C(=O)N8CCCC[C@H]8C(=O)O7)C[C@H]6OC)cn5)CC3)c(C(F)(F)F)c2)c(=O)n4C)cn1. The average Bonchev–Trinajstić information content (AvgIpc) is 1.58. The average molecular weight is 2010 g/mol. The van der Waals surface area contributed by atoms with E-state index in [2.05, 4.69) is 30.6 Å². The molecule has 0 unspecified atom stereocenters. The Morgan fingerprint density at radius 3 is 1.90 bits per heavy atom. The number of ketones is 2. The maximum atomic E-state index is 15.1. The number of nitrogens with zero attached hydrogens (tertiary/aromatic N) is 9. The maximum Gasteiger partial charge on any atom is 0.418 e. The van der Waals surface area contributed by atoms with Crippen LogP contribution in [0.5, 0.6) is 5.88 Å². The number of benzene rings is 2. The smallest absolute Gasteiger partial charge is 0.418 e. The monoisotopic (exact) mass is 2010 g/mol. The van der Waals surface area contributed by atoms with Gasteiger partial charge in [-0.25, -0.2) is 29.3 Å². The second-order valence-electron chi connectivity index (χ2n) is 37.6. The number of carbonyl (C=O) groups excluding carboxylic acids is 6. The molecule has 16 atom stereocenters. The number of methoxy groups -OCH3 is 4. The molecule has 4 fully saturated rings. The highest BCUT2D eigenvalue weighted by molar-refractivity contribution is 6.39. The van der Waals surface area contributed by atoms with Crippen molar-refractivity contribution in [3.8, 4) is 22.7 Å². The van der Waals surface area contributed by atoms with Crippen LogP contribution in [0.4, 0.5) is 29.6 Å². The van der Waals surface area contributed by atoms with Gasteiger partial charge >= 0.3 is 23.9 Å². The standard InChI is InChI=1S/C104H146F3N11O25/c1-67-18-14-13-15-19-68(2)88(129-9)60-79-26-21-73(7)103(128,143-79)97(123)98(124)117-33-17-16-20-84(117)99(125)141-89(61-86(119)69(3)55-72(6)95(122)96(132-12)94(121)71(5)54-67)70(4)56-74-22-29-87(90(57-74)130-10)142-101(126)108-32-39-134-41-43-136-45-47-138-49-51-140-53-52-139-50-48-137-46-44-135-42-40-133-38-31-91(120)110-62-75-63-112-100(113-64-75)116-36-34-115(35-37-116)83-28-25-78(59-81(83)104(105,106)107)118-93-80-58-76(77-24-30-92(131-11)111-65-77)23-27-82(80)109-66-85(93)114(8)102(118)127/h13-15,18-19,23-25,27-28,30,55,58-59,63-67,69-71,73-74,79,84,86-90,95-96,119,122,128H,16-17,20-22,26,29,31-54,56-57,60-62H2,1-12H3,(H,108,126)(H,110,120)/b15-13+,18-14+,68-19+,72-55+/t67-,69-,70-,71-,73-,74+,79+,84+,86-,87-,88+,89+,90-,95-,96+,103-/m1/s1. The molecular formula is C104H146F3N11O25. The van der Waals surface area contributed by atoms with Crippen molar-refractivity contribution >= 4 is 69.0 Å².